The van der Waals surface area contributed by atoms with E-state index in [9.17, 15) is 9.18 Å². The number of pyridine rings is 1. The van der Waals surface area contributed by atoms with Crippen LogP contribution in [-0.2, 0) is 11.2 Å². The SMILES string of the molecule is Cc1cccc(Cl)c1CC(=O)c1ccc(/C=N/Nc2ncc(F)c(N3CCOCC3)n2)nc1. The van der Waals surface area contributed by atoms with Crippen molar-refractivity contribution in [1.29, 1.82) is 0 Å². The van der Waals surface area contributed by atoms with Crippen LogP contribution < -0.4 is 10.3 Å². The van der Waals surface area contributed by atoms with Crippen molar-refractivity contribution < 1.29 is 13.9 Å². The van der Waals surface area contributed by atoms with E-state index in [0.717, 1.165) is 17.3 Å². The van der Waals surface area contributed by atoms with Crippen LogP contribution in [0.5, 0.6) is 0 Å². The van der Waals surface area contributed by atoms with E-state index in [4.69, 9.17) is 16.3 Å². The summed E-state index contributed by atoms with van der Waals surface area (Å²) in [5.74, 6) is -0.201. The zero-order valence-corrected chi connectivity index (χ0v) is 18.7. The third-order valence-electron chi connectivity index (χ3n) is 5.20. The summed E-state index contributed by atoms with van der Waals surface area (Å²) in [5.41, 5.74) is 5.48. The molecule has 0 unspecified atom stereocenters. The van der Waals surface area contributed by atoms with Gasteiger partial charge in [0, 0.05) is 36.3 Å². The minimum Gasteiger partial charge on any atom is -0.378 e. The Morgan fingerprint density at radius 2 is 2.06 bits per heavy atom. The fourth-order valence-electron chi connectivity index (χ4n) is 3.36. The number of anilines is 2. The van der Waals surface area contributed by atoms with Crippen molar-refractivity contribution in [1.82, 2.24) is 15.0 Å². The topological polar surface area (TPSA) is 92.6 Å². The summed E-state index contributed by atoms with van der Waals surface area (Å²) < 4.78 is 19.4. The number of hydrazone groups is 1. The zero-order chi connectivity index (χ0) is 23.2. The van der Waals surface area contributed by atoms with Gasteiger partial charge in [-0.2, -0.15) is 10.1 Å². The number of halogens is 2. The first-order valence-electron chi connectivity index (χ1n) is 10.4. The molecule has 1 fully saturated rings. The van der Waals surface area contributed by atoms with E-state index in [1.165, 1.54) is 12.4 Å². The maximum Gasteiger partial charge on any atom is 0.245 e. The van der Waals surface area contributed by atoms with Crippen LogP contribution in [0.4, 0.5) is 16.2 Å². The molecule has 0 amide bonds. The number of aryl methyl sites for hydroxylation is 1. The van der Waals surface area contributed by atoms with Crippen LogP contribution >= 0.6 is 11.6 Å². The molecule has 0 spiro atoms. The summed E-state index contributed by atoms with van der Waals surface area (Å²) in [6, 6.07) is 8.93. The molecule has 10 heteroatoms. The highest BCUT2D eigenvalue weighted by atomic mass is 35.5. The first-order chi connectivity index (χ1) is 16.0. The van der Waals surface area contributed by atoms with E-state index in [2.05, 4.69) is 25.5 Å². The Morgan fingerprint density at radius 1 is 1.24 bits per heavy atom. The molecule has 33 heavy (non-hydrogen) atoms. The summed E-state index contributed by atoms with van der Waals surface area (Å²) >= 11 is 6.23. The number of nitrogens with one attached hydrogen (secondary N) is 1. The molecule has 1 aromatic carbocycles. The number of carbonyl (C=O) groups excluding carboxylic acids is 1. The van der Waals surface area contributed by atoms with Crippen LogP contribution in [-0.4, -0.2) is 53.3 Å². The maximum atomic E-state index is 14.1. The molecule has 3 heterocycles. The molecule has 0 atom stereocenters. The van der Waals surface area contributed by atoms with Crippen molar-refractivity contribution in [2.45, 2.75) is 13.3 Å². The number of benzene rings is 1. The molecule has 0 aliphatic carbocycles. The number of morpholine rings is 1. The summed E-state index contributed by atoms with van der Waals surface area (Å²) in [6.07, 6.45) is 4.28. The van der Waals surface area contributed by atoms with Crippen molar-refractivity contribution in [3.8, 4) is 0 Å². The highest BCUT2D eigenvalue weighted by Gasteiger charge is 2.17. The third kappa shape index (κ3) is 5.68. The number of aromatic nitrogens is 3. The lowest BCUT2D eigenvalue weighted by molar-refractivity contribution is 0.0992. The number of carbonyl (C=O) groups is 1. The molecule has 0 saturated carbocycles. The summed E-state index contributed by atoms with van der Waals surface area (Å²) in [5, 5.41) is 4.64. The summed E-state index contributed by atoms with van der Waals surface area (Å²) in [4.78, 5) is 26.8. The van der Waals surface area contributed by atoms with Gasteiger partial charge in [-0.05, 0) is 36.2 Å². The molecule has 0 radical (unpaired) electrons. The standard InChI is InChI=1S/C23H22ClFN6O2/c1-15-3-2-4-19(24)18(15)11-21(32)16-5-6-17(26-12-16)13-28-30-23-27-14-20(25)22(29-23)31-7-9-33-10-8-31/h2-6,12-14H,7-11H2,1H3,(H,27,29,30)/b28-13+. The second-order valence-electron chi connectivity index (χ2n) is 7.44. The molecule has 1 saturated heterocycles. The van der Waals surface area contributed by atoms with Crippen LogP contribution in [0, 0.1) is 12.7 Å². The minimum atomic E-state index is -0.500. The van der Waals surface area contributed by atoms with Gasteiger partial charge in [0.1, 0.15) is 0 Å². The Morgan fingerprint density at radius 3 is 2.79 bits per heavy atom. The van der Waals surface area contributed by atoms with Crippen molar-refractivity contribution in [2.75, 3.05) is 36.6 Å². The number of nitrogens with zero attached hydrogens (tertiary/aromatic N) is 5. The second kappa shape index (κ2) is 10.5. The van der Waals surface area contributed by atoms with Gasteiger partial charge in [0.2, 0.25) is 5.95 Å². The van der Waals surface area contributed by atoms with Crippen molar-refractivity contribution >= 4 is 35.4 Å². The highest BCUT2D eigenvalue weighted by Crippen LogP contribution is 2.21. The Bertz CT molecular complexity index is 1150. The van der Waals surface area contributed by atoms with Crippen molar-refractivity contribution in [3.63, 3.8) is 0 Å². The third-order valence-corrected chi connectivity index (χ3v) is 5.55. The molecule has 4 rings (SSSR count). The molecule has 8 nitrogen and oxygen atoms in total. The molecule has 1 aliphatic heterocycles. The maximum absolute atomic E-state index is 14.1. The smallest absolute Gasteiger partial charge is 0.245 e. The lowest BCUT2D eigenvalue weighted by Gasteiger charge is -2.27. The fourth-order valence-corrected chi connectivity index (χ4v) is 3.65. The van der Waals surface area contributed by atoms with Gasteiger partial charge in [0.05, 0.1) is 31.3 Å². The largest absolute Gasteiger partial charge is 0.378 e. The van der Waals surface area contributed by atoms with E-state index in [1.54, 1.807) is 23.1 Å². The van der Waals surface area contributed by atoms with Gasteiger partial charge in [-0.15, -0.1) is 0 Å². The van der Waals surface area contributed by atoms with E-state index in [1.807, 2.05) is 19.1 Å². The van der Waals surface area contributed by atoms with Gasteiger partial charge in [-0.25, -0.2) is 14.8 Å². The monoisotopic (exact) mass is 468 g/mol. The van der Waals surface area contributed by atoms with Crippen LogP contribution in [0.25, 0.3) is 0 Å². The van der Waals surface area contributed by atoms with Gasteiger partial charge in [0.25, 0.3) is 0 Å². The molecule has 1 N–H and O–H groups in total. The average Bonchev–Trinajstić information content (AvgIpc) is 2.83. The molecular weight excluding hydrogens is 447 g/mol. The lowest BCUT2D eigenvalue weighted by Crippen LogP contribution is -2.37. The van der Waals surface area contributed by atoms with Gasteiger partial charge in [-0.3, -0.25) is 9.78 Å². The molecule has 170 valence electrons. The molecule has 1 aliphatic rings. The summed E-state index contributed by atoms with van der Waals surface area (Å²) in [7, 11) is 0. The van der Waals surface area contributed by atoms with Crippen LogP contribution in [0.3, 0.4) is 0 Å². The number of ketones is 1. The van der Waals surface area contributed by atoms with Gasteiger partial charge in [-0.1, -0.05) is 23.7 Å². The molecular formula is C23H22ClFN6O2. The number of Topliss-reactive ketones (excluding diaryl/α,β-unsaturated/α-hetero) is 1. The predicted octanol–water partition coefficient (Wildman–Crippen LogP) is 3.68. The second-order valence-corrected chi connectivity index (χ2v) is 7.85. The molecule has 2 aromatic heterocycles. The van der Waals surface area contributed by atoms with E-state index >= 15 is 0 Å². The quantitative estimate of drug-likeness (QED) is 0.321. The molecule has 0 bridgehead atoms. The van der Waals surface area contributed by atoms with Crippen molar-refractivity contribution in [2.24, 2.45) is 5.10 Å². The van der Waals surface area contributed by atoms with E-state index < -0.39 is 5.82 Å². The zero-order valence-electron chi connectivity index (χ0n) is 18.0. The normalized spacial score (nSPS) is 14.0. The van der Waals surface area contributed by atoms with Gasteiger partial charge >= 0.3 is 0 Å². The van der Waals surface area contributed by atoms with Gasteiger partial charge < -0.3 is 9.64 Å². The Labute approximate surface area is 195 Å². The van der Waals surface area contributed by atoms with E-state index in [-0.39, 0.29) is 24.0 Å². The first-order valence-corrected chi connectivity index (χ1v) is 10.8. The number of ether oxygens (including phenoxy) is 1. The number of hydrogen-bond donors (Lipinski definition) is 1. The number of hydrogen-bond acceptors (Lipinski definition) is 8. The van der Waals surface area contributed by atoms with Crippen LogP contribution in [0.15, 0.2) is 47.8 Å². The highest BCUT2D eigenvalue weighted by molar-refractivity contribution is 6.31. The van der Waals surface area contributed by atoms with E-state index in [0.29, 0.717) is 42.6 Å². The Balaban J connectivity index is 1.38. The minimum absolute atomic E-state index is 0.0735. The average molecular weight is 469 g/mol. The molecule has 3 aromatic rings. The van der Waals surface area contributed by atoms with Crippen LogP contribution in [0.2, 0.25) is 5.02 Å². The Hall–Kier alpha value is -3.43. The Kier molecular flexibility index (Phi) is 7.21. The lowest BCUT2D eigenvalue weighted by atomic mass is 10.0. The van der Waals surface area contributed by atoms with Gasteiger partial charge in [0.15, 0.2) is 17.4 Å². The van der Waals surface area contributed by atoms with Crippen LogP contribution in [0.1, 0.15) is 27.2 Å². The predicted molar refractivity (Wildman–Crippen MR) is 125 cm³/mol. The van der Waals surface area contributed by atoms with Crippen molar-refractivity contribution in [3.05, 3.63) is 75.9 Å². The fraction of sp³-hybridized carbons (Fsp3) is 0.261. The summed E-state index contributed by atoms with van der Waals surface area (Å²) in [6.45, 7) is 4.08. The number of rotatable bonds is 7. The first kappa shape index (κ1) is 22.8.